The van der Waals surface area contributed by atoms with Gasteiger partial charge in [-0.2, -0.15) is 4.31 Å². The maximum atomic E-state index is 13.8. The average molecular weight is 314 g/mol. The molecule has 0 radical (unpaired) electrons. The van der Waals surface area contributed by atoms with Gasteiger partial charge in [0.2, 0.25) is 10.0 Å². The molecule has 1 aliphatic heterocycles. The highest BCUT2D eigenvalue weighted by molar-refractivity contribution is 7.89. The number of halogens is 1. The average Bonchev–Trinajstić information content (AvgIpc) is 2.42. The number of hydrogen-bond acceptors (Lipinski definition) is 3. The molecule has 3 unspecified atom stereocenters. The third-order valence-electron chi connectivity index (χ3n) is 4.41. The van der Waals surface area contributed by atoms with Gasteiger partial charge in [0.25, 0.3) is 0 Å². The van der Waals surface area contributed by atoms with Crippen LogP contribution in [0.25, 0.3) is 0 Å². The van der Waals surface area contributed by atoms with Gasteiger partial charge in [-0.05, 0) is 37.3 Å². The molecule has 4 nitrogen and oxygen atoms in total. The summed E-state index contributed by atoms with van der Waals surface area (Å²) in [5.41, 5.74) is 5.61. The van der Waals surface area contributed by atoms with Crippen molar-refractivity contribution < 1.29 is 12.8 Å². The Kier molecular flexibility index (Phi) is 4.70. The summed E-state index contributed by atoms with van der Waals surface area (Å²) in [7, 11) is -3.73. The maximum Gasteiger partial charge on any atom is 0.243 e. The fourth-order valence-electron chi connectivity index (χ4n) is 3.09. The van der Waals surface area contributed by atoms with E-state index in [9.17, 15) is 12.8 Å². The molecule has 1 aliphatic rings. The molecule has 0 aliphatic carbocycles. The zero-order chi connectivity index (χ0) is 15.8. The van der Waals surface area contributed by atoms with E-state index in [-0.39, 0.29) is 29.0 Å². The van der Waals surface area contributed by atoms with Crippen LogP contribution in [0.2, 0.25) is 0 Å². The molecule has 1 aromatic rings. The van der Waals surface area contributed by atoms with Gasteiger partial charge in [0.1, 0.15) is 5.82 Å². The molecule has 0 spiro atoms. The molecule has 3 atom stereocenters. The maximum absolute atomic E-state index is 13.8. The molecular weight excluding hydrogens is 291 g/mol. The Labute approximate surface area is 126 Å². The second-order valence-corrected chi connectivity index (χ2v) is 7.91. The number of rotatable bonds is 3. The standard InChI is InChI=1S/C15H23FN2O2S/c1-10-7-11(2)12(3)18(9-10)21(19,20)15-6-4-5-14(16)13(15)8-17/h4-6,10-12H,7-9,17H2,1-3H3. The SMILES string of the molecule is CC1CC(C)C(C)N(S(=O)(=O)c2cccc(F)c2CN)C1. The van der Waals surface area contributed by atoms with Crippen molar-refractivity contribution in [2.24, 2.45) is 17.6 Å². The summed E-state index contributed by atoms with van der Waals surface area (Å²) in [4.78, 5) is -0.00171. The fraction of sp³-hybridized carbons (Fsp3) is 0.600. The molecule has 21 heavy (non-hydrogen) atoms. The Morgan fingerprint density at radius 3 is 2.62 bits per heavy atom. The minimum absolute atomic E-state index is 0.00171. The van der Waals surface area contributed by atoms with Crippen LogP contribution in [0.15, 0.2) is 23.1 Å². The van der Waals surface area contributed by atoms with E-state index in [4.69, 9.17) is 5.73 Å². The first-order chi connectivity index (χ1) is 9.78. The predicted molar refractivity (Wildman–Crippen MR) is 80.6 cm³/mol. The summed E-state index contributed by atoms with van der Waals surface area (Å²) in [6.45, 7) is 6.34. The van der Waals surface area contributed by atoms with Crippen molar-refractivity contribution in [3.63, 3.8) is 0 Å². The Morgan fingerprint density at radius 1 is 1.33 bits per heavy atom. The van der Waals surface area contributed by atoms with E-state index in [0.717, 1.165) is 6.42 Å². The number of hydrogen-bond donors (Lipinski definition) is 1. The summed E-state index contributed by atoms with van der Waals surface area (Å²) < 4.78 is 41.2. The Bertz CT molecular complexity index is 618. The van der Waals surface area contributed by atoms with E-state index < -0.39 is 15.8 Å². The quantitative estimate of drug-likeness (QED) is 0.931. The summed E-state index contributed by atoms with van der Waals surface area (Å²) in [6, 6.07) is 4.01. The lowest BCUT2D eigenvalue weighted by molar-refractivity contribution is 0.157. The van der Waals surface area contributed by atoms with Gasteiger partial charge >= 0.3 is 0 Å². The van der Waals surface area contributed by atoms with Gasteiger partial charge in [0.15, 0.2) is 0 Å². The van der Waals surface area contributed by atoms with E-state index >= 15 is 0 Å². The summed E-state index contributed by atoms with van der Waals surface area (Å²) >= 11 is 0. The smallest absolute Gasteiger partial charge is 0.243 e. The first-order valence-corrected chi connectivity index (χ1v) is 8.72. The number of nitrogens with zero attached hydrogens (tertiary/aromatic N) is 1. The van der Waals surface area contributed by atoms with Gasteiger partial charge in [-0.1, -0.05) is 19.9 Å². The van der Waals surface area contributed by atoms with Crippen LogP contribution in [0.5, 0.6) is 0 Å². The molecule has 1 saturated heterocycles. The zero-order valence-electron chi connectivity index (χ0n) is 12.7. The van der Waals surface area contributed by atoms with Crippen LogP contribution in [0.4, 0.5) is 4.39 Å². The molecule has 0 saturated carbocycles. The number of nitrogens with two attached hydrogens (primary N) is 1. The molecule has 2 N–H and O–H groups in total. The Hall–Kier alpha value is -0.980. The van der Waals surface area contributed by atoms with Crippen LogP contribution >= 0.6 is 0 Å². The minimum Gasteiger partial charge on any atom is -0.326 e. The fourth-order valence-corrected chi connectivity index (χ4v) is 5.18. The molecule has 1 fully saturated rings. The molecule has 0 aromatic heterocycles. The Morgan fingerprint density at radius 2 is 2.00 bits per heavy atom. The molecule has 0 amide bonds. The van der Waals surface area contributed by atoms with Gasteiger partial charge in [0, 0.05) is 24.7 Å². The van der Waals surface area contributed by atoms with Gasteiger partial charge in [-0.3, -0.25) is 0 Å². The second kappa shape index (κ2) is 6.02. The van der Waals surface area contributed by atoms with Crippen molar-refractivity contribution in [3.8, 4) is 0 Å². The van der Waals surface area contributed by atoms with Gasteiger partial charge in [0.05, 0.1) is 4.90 Å². The van der Waals surface area contributed by atoms with Crippen molar-refractivity contribution >= 4 is 10.0 Å². The lowest BCUT2D eigenvalue weighted by atomic mass is 9.88. The Balaban J connectivity index is 2.49. The van der Waals surface area contributed by atoms with Crippen LogP contribution in [-0.2, 0) is 16.6 Å². The third-order valence-corrected chi connectivity index (χ3v) is 6.45. The molecule has 6 heteroatoms. The van der Waals surface area contributed by atoms with Gasteiger partial charge in [-0.15, -0.1) is 0 Å². The summed E-state index contributed by atoms with van der Waals surface area (Å²) in [5.74, 6) is 0.00334. The van der Waals surface area contributed by atoms with E-state index in [0.29, 0.717) is 12.5 Å². The van der Waals surface area contributed by atoms with E-state index in [2.05, 4.69) is 6.92 Å². The van der Waals surface area contributed by atoms with Crippen LogP contribution in [0.1, 0.15) is 32.8 Å². The summed E-state index contributed by atoms with van der Waals surface area (Å²) in [6.07, 6.45) is 1.00. The molecule has 118 valence electrons. The van der Waals surface area contributed by atoms with Crippen LogP contribution < -0.4 is 5.73 Å². The second-order valence-electron chi connectivity index (χ2n) is 6.05. The van der Waals surface area contributed by atoms with E-state index in [1.54, 1.807) is 0 Å². The van der Waals surface area contributed by atoms with Crippen LogP contribution in [0, 0.1) is 17.7 Å². The number of piperidine rings is 1. The number of benzene rings is 1. The van der Waals surface area contributed by atoms with Crippen LogP contribution in [0.3, 0.4) is 0 Å². The van der Waals surface area contributed by atoms with Gasteiger partial charge < -0.3 is 5.73 Å². The number of sulfonamides is 1. The first-order valence-electron chi connectivity index (χ1n) is 7.28. The lowest BCUT2D eigenvalue weighted by Gasteiger charge is -2.40. The zero-order valence-corrected chi connectivity index (χ0v) is 13.5. The van der Waals surface area contributed by atoms with E-state index in [1.807, 2.05) is 13.8 Å². The van der Waals surface area contributed by atoms with Gasteiger partial charge in [-0.25, -0.2) is 12.8 Å². The minimum atomic E-state index is -3.73. The summed E-state index contributed by atoms with van der Waals surface area (Å²) in [5, 5.41) is 0. The third kappa shape index (κ3) is 2.98. The molecular formula is C15H23FN2O2S. The largest absolute Gasteiger partial charge is 0.326 e. The highest BCUT2D eigenvalue weighted by Gasteiger charge is 2.38. The van der Waals surface area contributed by atoms with Crippen molar-refractivity contribution in [1.29, 1.82) is 0 Å². The molecule has 0 bridgehead atoms. The molecule has 1 heterocycles. The monoisotopic (exact) mass is 314 g/mol. The van der Waals surface area contributed by atoms with Crippen molar-refractivity contribution in [2.45, 2.75) is 44.7 Å². The van der Waals surface area contributed by atoms with Crippen LogP contribution in [-0.4, -0.2) is 25.3 Å². The highest BCUT2D eigenvalue weighted by Crippen LogP contribution is 2.33. The van der Waals surface area contributed by atoms with Crippen molar-refractivity contribution in [3.05, 3.63) is 29.6 Å². The van der Waals surface area contributed by atoms with Crippen molar-refractivity contribution in [2.75, 3.05) is 6.54 Å². The lowest BCUT2D eigenvalue weighted by Crippen LogP contribution is -2.48. The first kappa shape index (κ1) is 16.4. The predicted octanol–water partition coefficient (Wildman–Crippen LogP) is 2.34. The topological polar surface area (TPSA) is 63.4 Å². The highest BCUT2D eigenvalue weighted by atomic mass is 32.2. The van der Waals surface area contributed by atoms with E-state index in [1.165, 1.54) is 22.5 Å². The molecule has 1 aromatic carbocycles. The molecule has 2 rings (SSSR count). The van der Waals surface area contributed by atoms with Crippen molar-refractivity contribution in [1.82, 2.24) is 4.31 Å². The normalized spacial score (nSPS) is 27.8.